The van der Waals surface area contributed by atoms with Gasteiger partial charge < -0.3 is 4.74 Å². The minimum absolute atomic E-state index is 0.250. The summed E-state index contributed by atoms with van der Waals surface area (Å²) in [6.07, 6.45) is 9.39. The van der Waals surface area contributed by atoms with Crippen LogP contribution in [0.2, 0.25) is 0 Å². The van der Waals surface area contributed by atoms with Crippen LogP contribution in [0, 0.1) is 0 Å². The van der Waals surface area contributed by atoms with Crippen molar-refractivity contribution >= 4 is 5.97 Å². The lowest BCUT2D eigenvalue weighted by atomic mass is 10.1. The Labute approximate surface area is 74.6 Å². The third-order valence-corrected chi connectivity index (χ3v) is 1.55. The number of hydrogen-bond acceptors (Lipinski definition) is 2. The lowest BCUT2D eigenvalue weighted by molar-refractivity contribution is -0.135. The second-order valence-electron chi connectivity index (χ2n) is 2.83. The fraction of sp³-hybridized carbons (Fsp3) is 0.700. The van der Waals surface area contributed by atoms with Gasteiger partial charge in [0.15, 0.2) is 0 Å². The second-order valence-corrected chi connectivity index (χ2v) is 2.83. The van der Waals surface area contributed by atoms with Gasteiger partial charge in [0.25, 0.3) is 0 Å². The molecule has 2 nitrogen and oxygen atoms in total. The summed E-state index contributed by atoms with van der Waals surface area (Å²) in [6, 6.07) is 0. The molecule has 0 aliphatic rings. The Hall–Kier alpha value is -0.790. The monoisotopic (exact) mass is 170 g/mol. The first-order valence-corrected chi connectivity index (χ1v) is 4.59. The van der Waals surface area contributed by atoms with Gasteiger partial charge in [0.2, 0.25) is 0 Å². The van der Waals surface area contributed by atoms with Crippen molar-refractivity contribution in [2.45, 2.75) is 46.0 Å². The van der Waals surface area contributed by atoms with Crippen LogP contribution in [0.5, 0.6) is 0 Å². The molecule has 0 saturated carbocycles. The van der Waals surface area contributed by atoms with Gasteiger partial charge in [-0.05, 0) is 18.9 Å². The molecule has 0 bridgehead atoms. The van der Waals surface area contributed by atoms with Gasteiger partial charge in [0.1, 0.15) is 0 Å². The predicted molar refractivity (Wildman–Crippen MR) is 49.7 cm³/mol. The van der Waals surface area contributed by atoms with E-state index in [9.17, 15) is 4.79 Å². The lowest BCUT2D eigenvalue weighted by Gasteiger charge is -1.94. The van der Waals surface area contributed by atoms with Crippen molar-refractivity contribution in [2.24, 2.45) is 0 Å². The number of hydrogen-bond donors (Lipinski definition) is 0. The third-order valence-electron chi connectivity index (χ3n) is 1.55. The largest absolute Gasteiger partial charge is 0.435 e. The molecule has 2 heteroatoms. The topological polar surface area (TPSA) is 26.3 Å². The van der Waals surface area contributed by atoms with Crippen LogP contribution in [-0.2, 0) is 9.53 Å². The predicted octanol–water partition coefficient (Wildman–Crippen LogP) is 3.03. The van der Waals surface area contributed by atoms with Crippen molar-refractivity contribution in [2.75, 3.05) is 0 Å². The molecular formula is C10H18O2. The number of unbranched alkanes of at least 4 members (excludes halogenated alkanes) is 4. The number of allylic oxidation sites excluding steroid dienone is 1. The highest BCUT2D eigenvalue weighted by molar-refractivity contribution is 5.66. The molecule has 0 heterocycles. The SMILES string of the molecule is CCCCCC/C=C/OC(C)=O. The first kappa shape index (κ1) is 11.2. The molecule has 0 rings (SSSR count). The molecule has 12 heavy (non-hydrogen) atoms. The van der Waals surface area contributed by atoms with E-state index in [0.29, 0.717) is 0 Å². The van der Waals surface area contributed by atoms with Crippen LogP contribution >= 0.6 is 0 Å². The summed E-state index contributed by atoms with van der Waals surface area (Å²) in [4.78, 5) is 10.3. The lowest BCUT2D eigenvalue weighted by Crippen LogP contribution is -1.89. The van der Waals surface area contributed by atoms with Crippen molar-refractivity contribution in [1.29, 1.82) is 0 Å². The molecule has 0 aliphatic carbocycles. The minimum Gasteiger partial charge on any atom is -0.435 e. The molecule has 0 amide bonds. The number of rotatable bonds is 6. The molecule has 0 atom stereocenters. The molecule has 0 saturated heterocycles. The van der Waals surface area contributed by atoms with Gasteiger partial charge in [-0.15, -0.1) is 0 Å². The summed E-state index contributed by atoms with van der Waals surface area (Å²) >= 11 is 0. The quantitative estimate of drug-likeness (QED) is 0.348. The Morgan fingerprint density at radius 2 is 2.08 bits per heavy atom. The highest BCUT2D eigenvalue weighted by Crippen LogP contribution is 2.02. The molecule has 0 aliphatic heterocycles. The highest BCUT2D eigenvalue weighted by atomic mass is 16.5. The molecule has 0 radical (unpaired) electrons. The van der Waals surface area contributed by atoms with Crippen LogP contribution in [0.3, 0.4) is 0 Å². The second kappa shape index (κ2) is 8.31. The van der Waals surface area contributed by atoms with Gasteiger partial charge in [-0.25, -0.2) is 0 Å². The molecule has 0 aromatic heterocycles. The summed E-state index contributed by atoms with van der Waals surface area (Å²) < 4.78 is 4.63. The van der Waals surface area contributed by atoms with E-state index in [0.717, 1.165) is 6.42 Å². The molecule has 0 unspecified atom stereocenters. The van der Waals surface area contributed by atoms with Crippen LogP contribution in [0.25, 0.3) is 0 Å². The zero-order chi connectivity index (χ0) is 9.23. The van der Waals surface area contributed by atoms with Crippen LogP contribution in [0.15, 0.2) is 12.3 Å². The van der Waals surface area contributed by atoms with E-state index in [4.69, 9.17) is 0 Å². The smallest absolute Gasteiger partial charge is 0.307 e. The van der Waals surface area contributed by atoms with Crippen molar-refractivity contribution in [1.82, 2.24) is 0 Å². The third kappa shape index (κ3) is 9.21. The zero-order valence-electron chi connectivity index (χ0n) is 8.01. The van der Waals surface area contributed by atoms with Gasteiger partial charge in [-0.1, -0.05) is 26.2 Å². The van der Waals surface area contributed by atoms with Crippen LogP contribution in [0.1, 0.15) is 46.0 Å². The van der Waals surface area contributed by atoms with Crippen molar-refractivity contribution in [3.05, 3.63) is 12.3 Å². The Morgan fingerprint density at radius 3 is 2.67 bits per heavy atom. The summed E-state index contributed by atoms with van der Waals surface area (Å²) in [7, 11) is 0. The highest BCUT2D eigenvalue weighted by Gasteiger charge is 1.86. The zero-order valence-corrected chi connectivity index (χ0v) is 8.01. The maximum Gasteiger partial charge on any atom is 0.307 e. The van der Waals surface area contributed by atoms with Gasteiger partial charge >= 0.3 is 5.97 Å². The normalized spacial score (nSPS) is 10.5. The van der Waals surface area contributed by atoms with Crippen molar-refractivity contribution in [3.63, 3.8) is 0 Å². The maximum absolute atomic E-state index is 10.3. The molecule has 70 valence electrons. The minimum atomic E-state index is -0.250. The molecular weight excluding hydrogens is 152 g/mol. The van der Waals surface area contributed by atoms with Crippen LogP contribution in [0.4, 0.5) is 0 Å². The molecule has 0 aromatic rings. The van der Waals surface area contributed by atoms with Gasteiger partial charge in [-0.3, -0.25) is 4.79 Å². The summed E-state index contributed by atoms with van der Waals surface area (Å²) in [5, 5.41) is 0. The Bertz CT molecular complexity index is 139. The van der Waals surface area contributed by atoms with E-state index < -0.39 is 0 Å². The number of ether oxygens (including phenoxy) is 1. The van der Waals surface area contributed by atoms with E-state index in [1.54, 1.807) is 0 Å². The Kier molecular flexibility index (Phi) is 7.76. The summed E-state index contributed by atoms with van der Waals surface area (Å²) in [6.45, 7) is 3.59. The van der Waals surface area contributed by atoms with E-state index in [2.05, 4.69) is 11.7 Å². The molecule has 0 spiro atoms. The van der Waals surface area contributed by atoms with E-state index in [-0.39, 0.29) is 5.97 Å². The molecule has 0 aromatic carbocycles. The van der Waals surface area contributed by atoms with Crippen molar-refractivity contribution in [3.8, 4) is 0 Å². The Balaban J connectivity index is 3.08. The average molecular weight is 170 g/mol. The van der Waals surface area contributed by atoms with Crippen molar-refractivity contribution < 1.29 is 9.53 Å². The summed E-state index contributed by atoms with van der Waals surface area (Å²) in [5.41, 5.74) is 0. The standard InChI is InChI=1S/C10H18O2/c1-3-4-5-6-7-8-9-12-10(2)11/h8-9H,3-7H2,1-2H3/b9-8+. The number of carbonyl (C=O) groups excluding carboxylic acids is 1. The van der Waals surface area contributed by atoms with E-state index >= 15 is 0 Å². The maximum atomic E-state index is 10.3. The first-order valence-electron chi connectivity index (χ1n) is 4.59. The van der Waals surface area contributed by atoms with Crippen LogP contribution in [-0.4, -0.2) is 5.97 Å². The van der Waals surface area contributed by atoms with Crippen LogP contribution < -0.4 is 0 Å². The molecule has 0 N–H and O–H groups in total. The van der Waals surface area contributed by atoms with Gasteiger partial charge in [0.05, 0.1) is 6.26 Å². The fourth-order valence-electron chi connectivity index (χ4n) is 0.901. The molecule has 0 fully saturated rings. The Morgan fingerprint density at radius 1 is 1.33 bits per heavy atom. The van der Waals surface area contributed by atoms with E-state index in [1.807, 2.05) is 6.08 Å². The van der Waals surface area contributed by atoms with Gasteiger partial charge in [0, 0.05) is 6.92 Å². The number of esters is 1. The summed E-state index contributed by atoms with van der Waals surface area (Å²) in [5.74, 6) is -0.250. The fourth-order valence-corrected chi connectivity index (χ4v) is 0.901. The first-order chi connectivity index (χ1) is 5.77. The van der Waals surface area contributed by atoms with E-state index in [1.165, 1.54) is 38.9 Å². The average Bonchev–Trinajstić information content (AvgIpc) is 2.02. The van der Waals surface area contributed by atoms with Gasteiger partial charge in [-0.2, -0.15) is 0 Å². The number of carbonyl (C=O) groups is 1.